The molecule has 2 heterocycles. The minimum Gasteiger partial charge on any atom is -0.479 e. The Labute approximate surface area is 72.9 Å². The van der Waals surface area contributed by atoms with E-state index in [9.17, 15) is 9.59 Å². The minimum absolute atomic E-state index is 0.0522. The van der Waals surface area contributed by atoms with E-state index in [4.69, 9.17) is 10.8 Å². The van der Waals surface area contributed by atoms with Crippen LogP contribution in [0.3, 0.4) is 0 Å². The maximum atomic E-state index is 11.1. The molecule has 6 heteroatoms. The molecule has 2 fully saturated rings. The summed E-state index contributed by atoms with van der Waals surface area (Å²) in [6.07, 6.45) is 0. The van der Waals surface area contributed by atoms with Crippen LogP contribution >= 0.6 is 11.8 Å². The molecule has 2 aliphatic rings. The van der Waals surface area contributed by atoms with Gasteiger partial charge in [0.2, 0.25) is 5.91 Å². The van der Waals surface area contributed by atoms with Crippen LogP contribution in [0.4, 0.5) is 0 Å². The van der Waals surface area contributed by atoms with Crippen LogP contribution in [0.25, 0.3) is 0 Å². The maximum Gasteiger partial charge on any atom is 0.337 e. The highest BCUT2D eigenvalue weighted by Gasteiger charge is 2.54. The predicted molar refractivity (Wildman–Crippen MR) is 42.5 cm³/mol. The van der Waals surface area contributed by atoms with E-state index in [1.807, 2.05) is 0 Å². The fraction of sp³-hybridized carbons (Fsp3) is 0.667. The van der Waals surface area contributed by atoms with Gasteiger partial charge in [-0.1, -0.05) is 0 Å². The molecular weight excluding hydrogens is 180 g/mol. The maximum absolute atomic E-state index is 11.1. The molecular formula is C6H8N2O3S. The predicted octanol–water partition coefficient (Wildman–Crippen LogP) is -1.32. The molecule has 0 saturated carbocycles. The van der Waals surface area contributed by atoms with E-state index in [-0.39, 0.29) is 11.9 Å². The summed E-state index contributed by atoms with van der Waals surface area (Å²) in [5.74, 6) is -0.552. The third kappa shape index (κ3) is 0.789. The van der Waals surface area contributed by atoms with Gasteiger partial charge in [0.1, 0.15) is 6.04 Å². The molecule has 3 atom stereocenters. The Morgan fingerprint density at radius 2 is 2.42 bits per heavy atom. The van der Waals surface area contributed by atoms with E-state index >= 15 is 0 Å². The lowest BCUT2D eigenvalue weighted by Gasteiger charge is -2.41. The largest absolute Gasteiger partial charge is 0.479 e. The summed E-state index contributed by atoms with van der Waals surface area (Å²) >= 11 is 1.26. The van der Waals surface area contributed by atoms with Gasteiger partial charge in [-0.3, -0.25) is 4.79 Å². The smallest absolute Gasteiger partial charge is 0.337 e. The molecule has 3 N–H and O–H groups in total. The van der Waals surface area contributed by atoms with Crippen LogP contribution in [0.5, 0.6) is 0 Å². The first-order valence-corrected chi connectivity index (χ1v) is 4.60. The fourth-order valence-corrected chi connectivity index (χ4v) is 2.84. The van der Waals surface area contributed by atoms with Crippen molar-refractivity contribution < 1.29 is 14.7 Å². The van der Waals surface area contributed by atoms with Crippen LogP contribution in [-0.4, -0.2) is 45.1 Å². The summed E-state index contributed by atoms with van der Waals surface area (Å²) in [5, 5.41) is 7.98. The molecule has 0 spiro atoms. The molecule has 1 amide bonds. The fourth-order valence-electron chi connectivity index (χ4n) is 1.52. The molecule has 0 aromatic carbocycles. The number of carbonyl (C=O) groups excluding carboxylic acids is 1. The van der Waals surface area contributed by atoms with E-state index in [1.54, 1.807) is 0 Å². The van der Waals surface area contributed by atoms with E-state index in [2.05, 4.69) is 0 Å². The van der Waals surface area contributed by atoms with Crippen molar-refractivity contribution in [1.82, 2.24) is 4.90 Å². The molecule has 0 bridgehead atoms. The number of aliphatic carboxylic acids is 1. The second kappa shape index (κ2) is 2.37. The summed E-state index contributed by atoms with van der Waals surface area (Å²) in [6.45, 7) is 0. The van der Waals surface area contributed by atoms with Crippen LogP contribution < -0.4 is 5.73 Å². The van der Waals surface area contributed by atoms with Crippen LogP contribution in [0.15, 0.2) is 0 Å². The Bertz CT molecular complexity index is 257. The van der Waals surface area contributed by atoms with Gasteiger partial charge >= 0.3 is 5.97 Å². The molecule has 0 aromatic heterocycles. The topological polar surface area (TPSA) is 83.6 Å². The second-order valence-corrected chi connectivity index (χ2v) is 3.98. The SMILES string of the molecule is N[C@H]1C(=O)N2C(C(=O)O)SCC12. The van der Waals surface area contributed by atoms with E-state index in [0.29, 0.717) is 5.75 Å². The minimum atomic E-state index is -0.956. The van der Waals surface area contributed by atoms with Gasteiger partial charge in [-0.15, -0.1) is 11.8 Å². The molecule has 2 saturated heterocycles. The van der Waals surface area contributed by atoms with Gasteiger partial charge in [0.05, 0.1) is 6.04 Å². The number of carboxylic acids is 1. The standard InChI is InChI=1S/C6H8N2O3S/c7-3-2-1-12-5(6(10)11)8(2)4(3)9/h2-3,5H,1,7H2,(H,10,11)/t2?,3-,5?/m1/s1. The third-order valence-electron chi connectivity index (χ3n) is 2.20. The van der Waals surface area contributed by atoms with Crippen LogP contribution in [-0.2, 0) is 9.59 Å². The van der Waals surface area contributed by atoms with E-state index in [1.165, 1.54) is 16.7 Å². The zero-order valence-corrected chi connectivity index (χ0v) is 6.95. The van der Waals surface area contributed by atoms with Crippen molar-refractivity contribution in [1.29, 1.82) is 0 Å². The Balaban J connectivity index is 2.16. The van der Waals surface area contributed by atoms with Gasteiger partial charge in [-0.25, -0.2) is 4.79 Å². The number of hydrogen-bond donors (Lipinski definition) is 2. The van der Waals surface area contributed by atoms with Gasteiger partial charge < -0.3 is 15.7 Å². The number of nitrogens with zero attached hydrogens (tertiary/aromatic N) is 1. The summed E-state index contributed by atoms with van der Waals surface area (Å²) in [6, 6.07) is -0.523. The Hall–Kier alpha value is -0.750. The zero-order valence-electron chi connectivity index (χ0n) is 6.14. The van der Waals surface area contributed by atoms with Crippen LogP contribution in [0.1, 0.15) is 0 Å². The van der Waals surface area contributed by atoms with Gasteiger partial charge in [0, 0.05) is 5.75 Å². The van der Waals surface area contributed by atoms with E-state index < -0.39 is 17.4 Å². The quantitative estimate of drug-likeness (QED) is 0.499. The first-order chi connectivity index (χ1) is 5.63. The lowest BCUT2D eigenvalue weighted by molar-refractivity contribution is -0.156. The number of amides is 1. The summed E-state index contributed by atoms with van der Waals surface area (Å²) in [5.41, 5.74) is 5.47. The molecule has 12 heavy (non-hydrogen) atoms. The molecule has 0 radical (unpaired) electrons. The highest BCUT2D eigenvalue weighted by atomic mass is 32.2. The van der Waals surface area contributed by atoms with Gasteiger partial charge in [-0.2, -0.15) is 0 Å². The van der Waals surface area contributed by atoms with Crippen molar-refractivity contribution in [3.8, 4) is 0 Å². The van der Waals surface area contributed by atoms with Gasteiger partial charge in [0.25, 0.3) is 0 Å². The average Bonchev–Trinajstić information content (AvgIpc) is 2.43. The Morgan fingerprint density at radius 1 is 1.75 bits per heavy atom. The summed E-state index contributed by atoms with van der Waals surface area (Å²) in [4.78, 5) is 23.0. The number of β-lactam (4-membered cyclic amide) rings is 1. The zero-order chi connectivity index (χ0) is 8.88. The highest BCUT2D eigenvalue weighted by molar-refractivity contribution is 8.00. The summed E-state index contributed by atoms with van der Waals surface area (Å²) < 4.78 is 0. The molecule has 0 aromatic rings. The highest BCUT2D eigenvalue weighted by Crippen LogP contribution is 2.37. The van der Waals surface area contributed by atoms with Crippen molar-refractivity contribution in [2.45, 2.75) is 17.5 Å². The lowest BCUT2D eigenvalue weighted by Crippen LogP contribution is -2.69. The monoisotopic (exact) mass is 188 g/mol. The number of hydrogen-bond acceptors (Lipinski definition) is 4. The Kier molecular flexibility index (Phi) is 1.55. The van der Waals surface area contributed by atoms with Crippen molar-refractivity contribution in [2.75, 3.05) is 5.75 Å². The molecule has 5 nitrogen and oxygen atoms in total. The van der Waals surface area contributed by atoms with Gasteiger partial charge in [0.15, 0.2) is 5.37 Å². The van der Waals surface area contributed by atoms with Crippen LogP contribution in [0.2, 0.25) is 0 Å². The Morgan fingerprint density at radius 3 is 3.00 bits per heavy atom. The van der Waals surface area contributed by atoms with Gasteiger partial charge in [-0.05, 0) is 0 Å². The first kappa shape index (κ1) is 7.88. The lowest BCUT2D eigenvalue weighted by atomic mass is 9.98. The number of thioether (sulfide) groups is 1. The van der Waals surface area contributed by atoms with Crippen molar-refractivity contribution in [3.63, 3.8) is 0 Å². The van der Waals surface area contributed by atoms with E-state index in [0.717, 1.165) is 0 Å². The second-order valence-electron chi connectivity index (χ2n) is 2.86. The van der Waals surface area contributed by atoms with Crippen molar-refractivity contribution in [3.05, 3.63) is 0 Å². The molecule has 0 aliphatic carbocycles. The number of fused-ring (bicyclic) bond motifs is 1. The molecule has 2 aliphatic heterocycles. The normalized spacial score (nSPS) is 39.2. The molecule has 66 valence electrons. The van der Waals surface area contributed by atoms with Crippen molar-refractivity contribution >= 4 is 23.6 Å². The third-order valence-corrected chi connectivity index (χ3v) is 3.48. The summed E-state index contributed by atoms with van der Waals surface area (Å²) in [7, 11) is 0. The van der Waals surface area contributed by atoms with Crippen LogP contribution in [0, 0.1) is 0 Å². The number of nitrogens with two attached hydrogens (primary N) is 1. The molecule has 2 rings (SSSR count). The molecule has 2 unspecified atom stereocenters. The average molecular weight is 188 g/mol. The number of carbonyl (C=O) groups is 2. The number of rotatable bonds is 1. The first-order valence-electron chi connectivity index (χ1n) is 3.55. The van der Waals surface area contributed by atoms with Crippen molar-refractivity contribution in [2.24, 2.45) is 5.73 Å². The number of carboxylic acid groups (broad SMARTS) is 1.